The summed E-state index contributed by atoms with van der Waals surface area (Å²) in [5.41, 5.74) is 7.01. The molecule has 1 rings (SSSR count). The van der Waals surface area contributed by atoms with Crippen molar-refractivity contribution >= 4 is 5.84 Å². The third-order valence-corrected chi connectivity index (χ3v) is 3.06. The maximum Gasteiger partial charge on any atom is 0.170 e. The molecule has 5 heteroatoms. The zero-order valence-corrected chi connectivity index (χ0v) is 11.7. The first-order chi connectivity index (χ1) is 9.00. The molecule has 3 N–H and O–H groups in total. The monoisotopic (exact) mass is 266 g/mol. The Morgan fingerprint density at radius 2 is 2.05 bits per heavy atom. The van der Waals surface area contributed by atoms with E-state index in [-0.39, 0.29) is 11.4 Å². The molecule has 0 bridgehead atoms. The van der Waals surface area contributed by atoms with Gasteiger partial charge < -0.3 is 20.4 Å². The predicted octanol–water partition coefficient (Wildman–Crippen LogP) is 2.11. The lowest BCUT2D eigenvalue weighted by molar-refractivity contribution is -0.0124. The van der Waals surface area contributed by atoms with Gasteiger partial charge in [0.25, 0.3) is 0 Å². The van der Waals surface area contributed by atoms with E-state index >= 15 is 0 Å². The molecule has 0 aliphatic heterocycles. The molecule has 0 unspecified atom stereocenters. The van der Waals surface area contributed by atoms with Gasteiger partial charge in [-0.25, -0.2) is 0 Å². The van der Waals surface area contributed by atoms with Crippen molar-refractivity contribution in [2.45, 2.75) is 32.5 Å². The van der Waals surface area contributed by atoms with E-state index in [2.05, 4.69) is 5.16 Å². The largest absolute Gasteiger partial charge is 0.409 e. The van der Waals surface area contributed by atoms with Gasteiger partial charge in [-0.15, -0.1) is 0 Å². The molecule has 0 fully saturated rings. The van der Waals surface area contributed by atoms with Crippen molar-refractivity contribution in [3.63, 3.8) is 0 Å². The van der Waals surface area contributed by atoms with Crippen molar-refractivity contribution in [2.24, 2.45) is 10.9 Å². The highest BCUT2D eigenvalue weighted by Crippen LogP contribution is 2.14. The Bertz CT molecular complexity index is 430. The van der Waals surface area contributed by atoms with E-state index in [4.69, 9.17) is 20.4 Å². The molecule has 0 saturated heterocycles. The summed E-state index contributed by atoms with van der Waals surface area (Å²) in [6.45, 7) is 5.04. The molecule has 0 aromatic heterocycles. The van der Waals surface area contributed by atoms with Crippen molar-refractivity contribution in [2.75, 3.05) is 13.7 Å². The van der Waals surface area contributed by atoms with Gasteiger partial charge in [-0.3, -0.25) is 0 Å². The maximum absolute atomic E-state index is 8.73. The molecule has 19 heavy (non-hydrogen) atoms. The molecular formula is C14H22N2O3. The van der Waals surface area contributed by atoms with Gasteiger partial charge in [0.15, 0.2) is 5.84 Å². The Morgan fingerprint density at radius 1 is 1.37 bits per heavy atom. The van der Waals surface area contributed by atoms with E-state index in [1.54, 1.807) is 13.2 Å². The molecule has 0 heterocycles. The number of nitrogens with zero attached hydrogens (tertiary/aromatic N) is 1. The normalized spacial score (nSPS) is 12.7. The molecule has 0 atom stereocenters. The predicted molar refractivity (Wildman–Crippen MR) is 74.3 cm³/mol. The second-order valence-electron chi connectivity index (χ2n) is 4.91. The summed E-state index contributed by atoms with van der Waals surface area (Å²) in [6.07, 6.45) is 0.801. The highest BCUT2D eigenvalue weighted by Gasteiger charge is 2.15. The minimum Gasteiger partial charge on any atom is -0.409 e. The molecule has 0 aliphatic carbocycles. The van der Waals surface area contributed by atoms with E-state index in [1.807, 2.05) is 32.0 Å². The van der Waals surface area contributed by atoms with Crippen LogP contribution in [0.25, 0.3) is 0 Å². The number of rotatable bonds is 7. The van der Waals surface area contributed by atoms with Crippen LogP contribution in [0.3, 0.4) is 0 Å². The van der Waals surface area contributed by atoms with Crippen molar-refractivity contribution in [1.82, 2.24) is 0 Å². The Morgan fingerprint density at radius 3 is 2.68 bits per heavy atom. The summed E-state index contributed by atoms with van der Waals surface area (Å²) in [6, 6.07) is 7.43. The molecule has 0 amide bonds. The van der Waals surface area contributed by atoms with Crippen LogP contribution in [0.1, 0.15) is 31.4 Å². The van der Waals surface area contributed by atoms with Crippen molar-refractivity contribution < 1.29 is 14.7 Å². The van der Waals surface area contributed by atoms with Crippen LogP contribution in [0.2, 0.25) is 0 Å². The highest BCUT2D eigenvalue weighted by molar-refractivity contribution is 5.98. The van der Waals surface area contributed by atoms with E-state index in [1.165, 1.54) is 0 Å². The number of hydrogen-bond donors (Lipinski definition) is 2. The molecule has 106 valence electrons. The molecule has 0 saturated carbocycles. The number of oxime groups is 1. The quantitative estimate of drug-likeness (QED) is 0.260. The third-order valence-electron chi connectivity index (χ3n) is 3.06. The topological polar surface area (TPSA) is 77.1 Å². The SMILES string of the molecule is COC(C)(C)CCOCc1ccccc1/C(N)=N/O. The van der Waals surface area contributed by atoms with Crippen LogP contribution in [0.5, 0.6) is 0 Å². The van der Waals surface area contributed by atoms with Crippen LogP contribution in [-0.4, -0.2) is 30.4 Å². The van der Waals surface area contributed by atoms with Gasteiger partial charge in [0, 0.05) is 19.3 Å². The van der Waals surface area contributed by atoms with Crippen molar-refractivity contribution in [3.05, 3.63) is 35.4 Å². The molecule has 1 aromatic rings. The molecule has 0 spiro atoms. The van der Waals surface area contributed by atoms with Crippen LogP contribution in [-0.2, 0) is 16.1 Å². The summed E-state index contributed by atoms with van der Waals surface area (Å²) in [4.78, 5) is 0. The summed E-state index contributed by atoms with van der Waals surface area (Å²) >= 11 is 0. The summed E-state index contributed by atoms with van der Waals surface area (Å²) in [5, 5.41) is 11.7. The summed E-state index contributed by atoms with van der Waals surface area (Å²) in [5.74, 6) is 0.0939. The Balaban J connectivity index is 2.55. The molecule has 0 radical (unpaired) electrons. The Kier molecular flexibility index (Phi) is 5.79. The molecule has 1 aromatic carbocycles. The Labute approximate surface area is 114 Å². The minimum atomic E-state index is -0.189. The van der Waals surface area contributed by atoms with E-state index < -0.39 is 0 Å². The molecular weight excluding hydrogens is 244 g/mol. The van der Waals surface area contributed by atoms with Crippen molar-refractivity contribution in [1.29, 1.82) is 0 Å². The number of nitrogens with two attached hydrogens (primary N) is 1. The van der Waals surface area contributed by atoms with Crippen LogP contribution in [0, 0.1) is 0 Å². The standard InChI is InChI=1S/C14H22N2O3/c1-14(2,18-3)8-9-19-10-11-6-4-5-7-12(11)13(15)16-17/h4-7,17H,8-10H2,1-3H3,(H2,15,16). The van der Waals surface area contributed by atoms with Gasteiger partial charge in [0.1, 0.15) is 0 Å². The first-order valence-corrected chi connectivity index (χ1v) is 6.19. The third kappa shape index (κ3) is 4.89. The zero-order valence-electron chi connectivity index (χ0n) is 11.7. The van der Waals surface area contributed by atoms with Gasteiger partial charge in [-0.1, -0.05) is 29.4 Å². The number of amidine groups is 1. The van der Waals surface area contributed by atoms with Crippen LogP contribution < -0.4 is 5.73 Å². The van der Waals surface area contributed by atoms with E-state index in [0.29, 0.717) is 18.8 Å². The fraction of sp³-hybridized carbons (Fsp3) is 0.500. The van der Waals surface area contributed by atoms with Gasteiger partial charge in [-0.2, -0.15) is 0 Å². The molecule has 5 nitrogen and oxygen atoms in total. The average Bonchev–Trinajstić information content (AvgIpc) is 2.43. The van der Waals surface area contributed by atoms with Gasteiger partial charge in [0.2, 0.25) is 0 Å². The van der Waals surface area contributed by atoms with Gasteiger partial charge in [0.05, 0.1) is 12.2 Å². The second kappa shape index (κ2) is 7.11. The first kappa shape index (κ1) is 15.5. The fourth-order valence-corrected chi connectivity index (χ4v) is 1.55. The number of benzene rings is 1. The number of hydrogen-bond acceptors (Lipinski definition) is 4. The van der Waals surface area contributed by atoms with E-state index in [0.717, 1.165) is 12.0 Å². The van der Waals surface area contributed by atoms with Crippen LogP contribution in [0.15, 0.2) is 29.4 Å². The van der Waals surface area contributed by atoms with Gasteiger partial charge in [-0.05, 0) is 25.8 Å². The number of methoxy groups -OCH3 is 1. The average molecular weight is 266 g/mol. The highest BCUT2D eigenvalue weighted by atomic mass is 16.5. The maximum atomic E-state index is 8.73. The number of ether oxygens (including phenoxy) is 2. The molecule has 0 aliphatic rings. The fourth-order valence-electron chi connectivity index (χ4n) is 1.55. The first-order valence-electron chi connectivity index (χ1n) is 6.19. The minimum absolute atomic E-state index is 0.0939. The Hall–Kier alpha value is -1.59. The second-order valence-corrected chi connectivity index (χ2v) is 4.91. The smallest absolute Gasteiger partial charge is 0.170 e. The van der Waals surface area contributed by atoms with Gasteiger partial charge >= 0.3 is 0 Å². The van der Waals surface area contributed by atoms with Crippen molar-refractivity contribution in [3.8, 4) is 0 Å². The lowest BCUT2D eigenvalue weighted by Gasteiger charge is -2.22. The lowest BCUT2D eigenvalue weighted by atomic mass is 10.1. The lowest BCUT2D eigenvalue weighted by Crippen LogP contribution is -2.24. The summed E-state index contributed by atoms with van der Waals surface area (Å²) < 4.78 is 10.9. The van der Waals surface area contributed by atoms with Crippen LogP contribution in [0.4, 0.5) is 0 Å². The van der Waals surface area contributed by atoms with Crippen LogP contribution >= 0.6 is 0 Å². The summed E-state index contributed by atoms with van der Waals surface area (Å²) in [7, 11) is 1.69. The van der Waals surface area contributed by atoms with E-state index in [9.17, 15) is 0 Å². The zero-order chi connectivity index (χ0) is 14.3.